The van der Waals surface area contributed by atoms with Crippen LogP contribution in [0.4, 0.5) is 13.2 Å². The Hall–Kier alpha value is -2.05. The fourth-order valence-corrected chi connectivity index (χ4v) is 2.12. The third kappa shape index (κ3) is 2.61. The molecule has 1 unspecified atom stereocenters. The first-order valence-electron chi connectivity index (χ1n) is 5.96. The molecular formula is C13H12F3NO3. The Morgan fingerprint density at radius 3 is 2.40 bits per heavy atom. The molecule has 1 heterocycles. The van der Waals surface area contributed by atoms with Gasteiger partial charge in [0.05, 0.1) is 13.0 Å². The first-order valence-corrected chi connectivity index (χ1v) is 5.96. The Balaban J connectivity index is 2.09. The van der Waals surface area contributed by atoms with Crippen LogP contribution in [0.3, 0.4) is 0 Å². The summed E-state index contributed by atoms with van der Waals surface area (Å²) in [5, 5.41) is 8.72. The number of halogens is 3. The van der Waals surface area contributed by atoms with Crippen molar-refractivity contribution in [2.24, 2.45) is 0 Å². The molecule has 1 aliphatic rings. The smallest absolute Gasteiger partial charge is 0.343 e. The number of nitrogens with zero attached hydrogens (tertiary/aromatic N) is 1. The zero-order valence-corrected chi connectivity index (χ0v) is 10.4. The van der Waals surface area contributed by atoms with E-state index in [4.69, 9.17) is 5.11 Å². The van der Waals surface area contributed by atoms with Crippen molar-refractivity contribution in [3.8, 4) is 0 Å². The lowest BCUT2D eigenvalue weighted by molar-refractivity contribution is -0.150. The summed E-state index contributed by atoms with van der Waals surface area (Å²) in [5.41, 5.74) is -2.88. The number of hydrogen-bond donors (Lipinski definition) is 1. The van der Waals surface area contributed by atoms with E-state index in [1.54, 1.807) is 0 Å². The summed E-state index contributed by atoms with van der Waals surface area (Å²) >= 11 is 0. The van der Waals surface area contributed by atoms with Crippen LogP contribution in [-0.2, 0) is 16.0 Å². The zero-order valence-electron chi connectivity index (χ0n) is 10.4. The molecule has 0 bridgehead atoms. The van der Waals surface area contributed by atoms with Crippen LogP contribution in [0.1, 0.15) is 12.0 Å². The number of carboxylic acids is 1. The molecule has 4 nitrogen and oxygen atoms in total. The molecule has 1 aromatic carbocycles. The molecule has 108 valence electrons. The van der Waals surface area contributed by atoms with Crippen molar-refractivity contribution >= 4 is 11.9 Å². The highest BCUT2D eigenvalue weighted by Gasteiger charge is 2.46. The van der Waals surface area contributed by atoms with Crippen LogP contribution in [0.5, 0.6) is 0 Å². The monoisotopic (exact) mass is 287 g/mol. The molecule has 0 spiro atoms. The van der Waals surface area contributed by atoms with E-state index in [1.165, 1.54) is 6.07 Å². The van der Waals surface area contributed by atoms with Crippen LogP contribution >= 0.6 is 0 Å². The van der Waals surface area contributed by atoms with E-state index in [0.717, 1.165) is 17.0 Å². The van der Waals surface area contributed by atoms with Gasteiger partial charge >= 0.3 is 5.97 Å². The number of likely N-dealkylation sites (tertiary alicyclic amines) is 1. The number of alkyl halides is 1. The molecule has 0 saturated carbocycles. The first kappa shape index (κ1) is 14.4. The molecule has 0 radical (unpaired) electrons. The summed E-state index contributed by atoms with van der Waals surface area (Å²) < 4.78 is 40.6. The van der Waals surface area contributed by atoms with Gasteiger partial charge in [0.15, 0.2) is 0 Å². The molecule has 0 aromatic heterocycles. The largest absolute Gasteiger partial charge is 0.479 e. The highest BCUT2D eigenvalue weighted by atomic mass is 19.1. The van der Waals surface area contributed by atoms with Crippen LogP contribution < -0.4 is 0 Å². The van der Waals surface area contributed by atoms with Gasteiger partial charge in [0, 0.05) is 18.5 Å². The molecule has 1 saturated heterocycles. The molecule has 0 aliphatic carbocycles. The topological polar surface area (TPSA) is 57.6 Å². The molecule has 7 heteroatoms. The number of carboxylic acid groups (broad SMARTS) is 1. The van der Waals surface area contributed by atoms with Gasteiger partial charge in [-0.15, -0.1) is 0 Å². The van der Waals surface area contributed by atoms with Crippen molar-refractivity contribution in [1.29, 1.82) is 0 Å². The van der Waals surface area contributed by atoms with Gasteiger partial charge in [-0.25, -0.2) is 18.0 Å². The molecule has 1 N–H and O–H groups in total. The highest BCUT2D eigenvalue weighted by molar-refractivity contribution is 5.83. The van der Waals surface area contributed by atoms with Crippen molar-refractivity contribution in [3.63, 3.8) is 0 Å². The summed E-state index contributed by atoms with van der Waals surface area (Å²) in [4.78, 5) is 23.6. The second-order valence-corrected chi connectivity index (χ2v) is 4.71. The van der Waals surface area contributed by atoms with Gasteiger partial charge in [-0.05, 0) is 12.1 Å². The zero-order chi connectivity index (χ0) is 14.9. The van der Waals surface area contributed by atoms with Crippen LogP contribution in [0.25, 0.3) is 0 Å². The second kappa shape index (κ2) is 5.15. The van der Waals surface area contributed by atoms with Crippen LogP contribution in [0.15, 0.2) is 18.2 Å². The Morgan fingerprint density at radius 1 is 1.30 bits per heavy atom. The number of carbonyl (C=O) groups excluding carboxylic acids is 1. The van der Waals surface area contributed by atoms with E-state index in [2.05, 4.69) is 0 Å². The maximum absolute atomic E-state index is 13.8. The number of benzene rings is 1. The number of rotatable bonds is 3. The Labute approximate surface area is 112 Å². The Kier molecular flexibility index (Phi) is 3.69. The van der Waals surface area contributed by atoms with Gasteiger partial charge in [0.1, 0.15) is 11.6 Å². The highest BCUT2D eigenvalue weighted by Crippen LogP contribution is 2.26. The lowest BCUT2D eigenvalue weighted by Gasteiger charge is -2.18. The molecule has 1 atom stereocenters. The Bertz CT molecular complexity index is 544. The van der Waals surface area contributed by atoms with Gasteiger partial charge in [-0.2, -0.15) is 0 Å². The fraction of sp³-hybridized carbons (Fsp3) is 0.385. The number of hydrogen-bond acceptors (Lipinski definition) is 2. The maximum Gasteiger partial charge on any atom is 0.343 e. The van der Waals surface area contributed by atoms with Crippen molar-refractivity contribution in [3.05, 3.63) is 35.4 Å². The van der Waals surface area contributed by atoms with E-state index >= 15 is 0 Å². The minimum atomic E-state index is -2.48. The van der Waals surface area contributed by atoms with Crippen LogP contribution in [0.2, 0.25) is 0 Å². The van der Waals surface area contributed by atoms with Gasteiger partial charge in [0.25, 0.3) is 0 Å². The molecule has 1 amide bonds. The van der Waals surface area contributed by atoms with Gasteiger partial charge < -0.3 is 10.0 Å². The van der Waals surface area contributed by atoms with Gasteiger partial charge in [-0.3, -0.25) is 4.79 Å². The predicted molar refractivity (Wildman–Crippen MR) is 62.7 cm³/mol. The normalized spacial score (nSPS) is 22.1. The van der Waals surface area contributed by atoms with E-state index in [-0.39, 0.29) is 13.0 Å². The van der Waals surface area contributed by atoms with Crippen molar-refractivity contribution < 1.29 is 27.9 Å². The molecule has 1 aromatic rings. The van der Waals surface area contributed by atoms with E-state index in [1.807, 2.05) is 0 Å². The second-order valence-electron chi connectivity index (χ2n) is 4.71. The summed E-state index contributed by atoms with van der Waals surface area (Å²) in [7, 11) is 0. The third-order valence-corrected chi connectivity index (χ3v) is 3.35. The SMILES string of the molecule is O=C(Cc1c(F)cccc1F)N1CCC(F)(C(=O)O)C1. The van der Waals surface area contributed by atoms with E-state index in [0.29, 0.717) is 0 Å². The van der Waals surface area contributed by atoms with E-state index < -0.39 is 47.7 Å². The summed E-state index contributed by atoms with van der Waals surface area (Å²) in [6.45, 7) is -0.686. The third-order valence-electron chi connectivity index (χ3n) is 3.35. The summed E-state index contributed by atoms with van der Waals surface area (Å²) in [6, 6.07) is 3.21. The first-order chi connectivity index (χ1) is 9.33. The molecular weight excluding hydrogens is 275 g/mol. The average molecular weight is 287 g/mol. The van der Waals surface area contributed by atoms with Crippen LogP contribution in [-0.4, -0.2) is 40.6 Å². The predicted octanol–water partition coefficient (Wildman–Crippen LogP) is 1.53. The van der Waals surface area contributed by atoms with Crippen molar-refractivity contribution in [2.75, 3.05) is 13.1 Å². The summed E-state index contributed by atoms with van der Waals surface area (Å²) in [6.07, 6.45) is -0.887. The Morgan fingerprint density at radius 2 is 1.90 bits per heavy atom. The van der Waals surface area contributed by atoms with Crippen molar-refractivity contribution in [2.45, 2.75) is 18.5 Å². The quantitative estimate of drug-likeness (QED) is 0.917. The molecule has 1 aliphatic heterocycles. The summed E-state index contributed by atoms with van der Waals surface area (Å²) in [5.74, 6) is -4.05. The molecule has 1 fully saturated rings. The number of aliphatic carboxylic acids is 1. The lowest BCUT2D eigenvalue weighted by atomic mass is 10.1. The average Bonchev–Trinajstić information content (AvgIpc) is 2.78. The maximum atomic E-state index is 13.8. The minimum absolute atomic E-state index is 0.0856. The molecule has 20 heavy (non-hydrogen) atoms. The minimum Gasteiger partial charge on any atom is -0.479 e. The fourth-order valence-electron chi connectivity index (χ4n) is 2.12. The number of carbonyl (C=O) groups is 2. The van der Waals surface area contributed by atoms with Gasteiger partial charge in [-0.1, -0.05) is 6.07 Å². The standard InChI is InChI=1S/C13H12F3NO3/c14-9-2-1-3-10(15)8(9)6-11(18)17-5-4-13(16,7-17)12(19)20/h1-3H,4-7H2,(H,19,20). The van der Waals surface area contributed by atoms with Crippen LogP contribution in [0, 0.1) is 11.6 Å². The van der Waals surface area contributed by atoms with E-state index in [9.17, 15) is 22.8 Å². The van der Waals surface area contributed by atoms with Gasteiger partial charge in [0.2, 0.25) is 11.6 Å². The lowest BCUT2D eigenvalue weighted by Crippen LogP contribution is -2.39. The number of amides is 1. The van der Waals surface area contributed by atoms with Crippen molar-refractivity contribution in [1.82, 2.24) is 4.90 Å². The molecule has 2 rings (SSSR count).